The first-order valence-electron chi connectivity index (χ1n) is 9.50. The smallest absolute Gasteiger partial charge is 0.287 e. The van der Waals surface area contributed by atoms with Crippen LogP contribution in [0.1, 0.15) is 6.92 Å². The first-order valence-corrected chi connectivity index (χ1v) is 10.5. The summed E-state index contributed by atoms with van der Waals surface area (Å²) in [7, 11) is 3.07. The van der Waals surface area contributed by atoms with Crippen molar-refractivity contribution in [1.82, 2.24) is 9.55 Å². The summed E-state index contributed by atoms with van der Waals surface area (Å²) in [4.78, 5) is 29.3. The summed E-state index contributed by atoms with van der Waals surface area (Å²) in [5, 5.41) is 3.01. The predicted octanol–water partition coefficient (Wildman–Crippen LogP) is 3.38. The summed E-state index contributed by atoms with van der Waals surface area (Å²) in [6.07, 6.45) is 3.12. The van der Waals surface area contributed by atoms with Crippen molar-refractivity contribution < 1.29 is 19.0 Å². The second-order valence-electron chi connectivity index (χ2n) is 6.27. The van der Waals surface area contributed by atoms with E-state index in [0.29, 0.717) is 29.5 Å². The van der Waals surface area contributed by atoms with E-state index in [2.05, 4.69) is 10.3 Å². The average Bonchev–Trinajstić information content (AvgIpc) is 2.79. The number of anilines is 1. The summed E-state index contributed by atoms with van der Waals surface area (Å²) in [5.74, 6) is 1.59. The van der Waals surface area contributed by atoms with Crippen LogP contribution in [0.3, 0.4) is 0 Å². The van der Waals surface area contributed by atoms with Gasteiger partial charge in [0.05, 0.1) is 26.6 Å². The number of carbonyl (C=O) groups is 1. The minimum atomic E-state index is -0.299. The van der Waals surface area contributed by atoms with E-state index in [-0.39, 0.29) is 22.2 Å². The molecule has 0 fully saturated rings. The Labute approximate surface area is 184 Å². The molecule has 1 N–H and O–H groups in total. The number of amides is 1. The van der Waals surface area contributed by atoms with E-state index < -0.39 is 0 Å². The van der Waals surface area contributed by atoms with Crippen LogP contribution in [0.5, 0.6) is 17.2 Å². The van der Waals surface area contributed by atoms with E-state index in [4.69, 9.17) is 14.2 Å². The molecule has 0 saturated heterocycles. The maximum atomic E-state index is 12.8. The second kappa shape index (κ2) is 10.5. The van der Waals surface area contributed by atoms with Gasteiger partial charge in [0.15, 0.2) is 5.03 Å². The van der Waals surface area contributed by atoms with Gasteiger partial charge in [-0.15, -0.1) is 0 Å². The Bertz CT molecular complexity index is 1080. The molecule has 0 aliphatic carbocycles. The monoisotopic (exact) mass is 441 g/mol. The highest BCUT2D eigenvalue weighted by Crippen LogP contribution is 2.26. The number of ether oxygens (including phenoxy) is 3. The molecule has 0 atom stereocenters. The highest BCUT2D eigenvalue weighted by atomic mass is 32.2. The zero-order chi connectivity index (χ0) is 22.2. The number of rotatable bonds is 9. The fourth-order valence-electron chi connectivity index (χ4n) is 2.78. The first-order chi connectivity index (χ1) is 15.0. The van der Waals surface area contributed by atoms with Crippen molar-refractivity contribution in [3.63, 3.8) is 0 Å². The molecule has 8 nitrogen and oxygen atoms in total. The van der Waals surface area contributed by atoms with Crippen molar-refractivity contribution in [3.8, 4) is 22.9 Å². The molecule has 2 aromatic carbocycles. The highest BCUT2D eigenvalue weighted by Gasteiger charge is 2.11. The molecule has 0 radical (unpaired) electrons. The van der Waals surface area contributed by atoms with Crippen molar-refractivity contribution >= 4 is 23.4 Å². The Balaban J connectivity index is 1.69. The van der Waals surface area contributed by atoms with Gasteiger partial charge in [0.1, 0.15) is 17.2 Å². The zero-order valence-electron chi connectivity index (χ0n) is 17.5. The first kappa shape index (κ1) is 22.2. The van der Waals surface area contributed by atoms with Crippen LogP contribution < -0.4 is 25.1 Å². The summed E-state index contributed by atoms with van der Waals surface area (Å²) in [6, 6.07) is 12.3. The lowest BCUT2D eigenvalue weighted by Crippen LogP contribution is -2.22. The molecular weight excluding hydrogens is 418 g/mol. The van der Waals surface area contributed by atoms with E-state index in [9.17, 15) is 9.59 Å². The largest absolute Gasteiger partial charge is 0.497 e. The fourth-order valence-corrected chi connectivity index (χ4v) is 3.47. The van der Waals surface area contributed by atoms with Crippen LogP contribution in [-0.4, -0.2) is 42.0 Å². The van der Waals surface area contributed by atoms with Crippen molar-refractivity contribution in [2.45, 2.75) is 11.9 Å². The SMILES string of the molecule is CCOc1ccc(-n2ccnc(SCC(=O)Nc3cc(OC)cc(OC)c3)c2=O)cc1. The Kier molecular flexibility index (Phi) is 7.55. The molecule has 162 valence electrons. The highest BCUT2D eigenvalue weighted by molar-refractivity contribution is 7.99. The number of nitrogens with zero attached hydrogens (tertiary/aromatic N) is 2. The molecule has 9 heteroatoms. The molecule has 0 unspecified atom stereocenters. The van der Waals surface area contributed by atoms with E-state index >= 15 is 0 Å². The lowest BCUT2D eigenvalue weighted by Gasteiger charge is -2.10. The maximum Gasteiger partial charge on any atom is 0.287 e. The van der Waals surface area contributed by atoms with Gasteiger partial charge in [0.25, 0.3) is 5.56 Å². The van der Waals surface area contributed by atoms with Crippen LogP contribution in [-0.2, 0) is 4.79 Å². The summed E-state index contributed by atoms with van der Waals surface area (Å²) in [6.45, 7) is 2.48. The number of benzene rings is 2. The fraction of sp³-hybridized carbons (Fsp3) is 0.227. The topological polar surface area (TPSA) is 91.7 Å². The Morgan fingerprint density at radius 1 is 1.06 bits per heavy atom. The van der Waals surface area contributed by atoms with Gasteiger partial charge in [-0.2, -0.15) is 0 Å². The van der Waals surface area contributed by atoms with Gasteiger partial charge in [0.2, 0.25) is 5.91 Å². The van der Waals surface area contributed by atoms with E-state index in [1.807, 2.05) is 6.92 Å². The van der Waals surface area contributed by atoms with Crippen LogP contribution in [0.15, 0.2) is 64.7 Å². The van der Waals surface area contributed by atoms with Gasteiger partial charge in [-0.05, 0) is 31.2 Å². The minimum absolute atomic E-state index is 0.0229. The quantitative estimate of drug-likeness (QED) is 0.509. The van der Waals surface area contributed by atoms with Crippen LogP contribution >= 0.6 is 11.8 Å². The number of nitrogens with one attached hydrogen (secondary N) is 1. The standard InChI is InChI=1S/C22H23N3O5S/c1-4-30-17-7-5-16(6-8-17)25-10-9-23-21(22(25)27)31-14-20(26)24-15-11-18(28-2)13-19(12-15)29-3/h5-13H,4,14H2,1-3H3,(H,24,26). The summed E-state index contributed by atoms with van der Waals surface area (Å²) < 4.78 is 17.3. The molecule has 0 bridgehead atoms. The summed E-state index contributed by atoms with van der Waals surface area (Å²) >= 11 is 1.07. The molecule has 1 heterocycles. The average molecular weight is 442 g/mol. The number of methoxy groups -OCH3 is 2. The third kappa shape index (κ3) is 5.79. The molecule has 3 rings (SSSR count). The number of hydrogen-bond donors (Lipinski definition) is 1. The van der Waals surface area contributed by atoms with Gasteiger partial charge in [-0.1, -0.05) is 11.8 Å². The Morgan fingerprint density at radius 3 is 2.35 bits per heavy atom. The van der Waals surface area contributed by atoms with Crippen LogP contribution in [0.4, 0.5) is 5.69 Å². The van der Waals surface area contributed by atoms with Crippen molar-refractivity contribution in [3.05, 3.63) is 65.2 Å². The molecule has 1 aromatic heterocycles. The van der Waals surface area contributed by atoms with Gasteiger partial charge in [-0.25, -0.2) is 4.98 Å². The van der Waals surface area contributed by atoms with Gasteiger partial charge < -0.3 is 19.5 Å². The molecule has 31 heavy (non-hydrogen) atoms. The third-order valence-corrected chi connectivity index (χ3v) is 5.17. The van der Waals surface area contributed by atoms with Gasteiger partial charge >= 0.3 is 0 Å². The van der Waals surface area contributed by atoms with Crippen LogP contribution in [0, 0.1) is 0 Å². The van der Waals surface area contributed by atoms with Crippen molar-refractivity contribution in [1.29, 1.82) is 0 Å². The minimum Gasteiger partial charge on any atom is -0.497 e. The second-order valence-corrected chi connectivity index (χ2v) is 7.24. The van der Waals surface area contributed by atoms with Crippen molar-refractivity contribution in [2.24, 2.45) is 0 Å². The van der Waals surface area contributed by atoms with Crippen LogP contribution in [0.25, 0.3) is 5.69 Å². The predicted molar refractivity (Wildman–Crippen MR) is 120 cm³/mol. The molecular formula is C22H23N3O5S. The van der Waals surface area contributed by atoms with Crippen molar-refractivity contribution in [2.75, 3.05) is 31.9 Å². The molecule has 0 spiro atoms. The lowest BCUT2D eigenvalue weighted by atomic mass is 10.2. The molecule has 0 aliphatic rings. The number of thioether (sulfide) groups is 1. The number of aromatic nitrogens is 2. The van der Waals surface area contributed by atoms with E-state index in [0.717, 1.165) is 17.5 Å². The summed E-state index contributed by atoms with van der Waals surface area (Å²) in [5.41, 5.74) is 0.924. The zero-order valence-corrected chi connectivity index (χ0v) is 18.3. The van der Waals surface area contributed by atoms with Gasteiger partial charge in [-0.3, -0.25) is 14.2 Å². The Morgan fingerprint density at radius 2 is 1.74 bits per heavy atom. The molecule has 0 aliphatic heterocycles. The molecule has 3 aromatic rings. The normalized spacial score (nSPS) is 10.4. The van der Waals surface area contributed by atoms with E-state index in [1.165, 1.54) is 25.0 Å². The lowest BCUT2D eigenvalue weighted by molar-refractivity contribution is -0.113. The molecule has 1 amide bonds. The van der Waals surface area contributed by atoms with E-state index in [1.54, 1.807) is 48.7 Å². The van der Waals surface area contributed by atoms with Crippen LogP contribution in [0.2, 0.25) is 0 Å². The van der Waals surface area contributed by atoms with Gasteiger partial charge in [0, 0.05) is 42.0 Å². The number of hydrogen-bond acceptors (Lipinski definition) is 7. The number of carbonyl (C=O) groups excluding carboxylic acids is 1. The third-order valence-electron chi connectivity index (χ3n) is 4.21. The Hall–Kier alpha value is -3.46. The molecule has 0 saturated carbocycles. The maximum absolute atomic E-state index is 12.8.